The molecule has 0 heterocycles. The Hall–Kier alpha value is -1.88. The number of rotatable bonds is 8. The van der Waals surface area contributed by atoms with Crippen molar-refractivity contribution in [3.8, 4) is 0 Å². The highest BCUT2D eigenvalue weighted by atomic mass is 16.7. The van der Waals surface area contributed by atoms with Crippen molar-refractivity contribution < 1.29 is 19.2 Å². The molecule has 0 aromatic heterocycles. The lowest BCUT2D eigenvalue weighted by Gasteiger charge is -2.30. The van der Waals surface area contributed by atoms with Gasteiger partial charge < -0.3 is 4.74 Å². The lowest BCUT2D eigenvalue weighted by Crippen LogP contribution is -2.41. The molecule has 1 fully saturated rings. The first-order valence-corrected chi connectivity index (χ1v) is 9.10. The van der Waals surface area contributed by atoms with Crippen molar-refractivity contribution in [1.82, 2.24) is 5.06 Å². The number of carbonyl (C=O) groups excluding carboxylic acids is 2. The number of hydroxylamine groups is 2. The molecule has 2 rings (SSSR count). The lowest BCUT2D eigenvalue weighted by atomic mass is 9.78. The van der Waals surface area contributed by atoms with Crippen molar-refractivity contribution in [2.75, 3.05) is 14.2 Å². The van der Waals surface area contributed by atoms with Crippen molar-refractivity contribution in [3.63, 3.8) is 0 Å². The largest absolute Gasteiger partial charge is 0.461 e. The maximum Gasteiger partial charge on any atom is 0.310 e. The Morgan fingerprint density at radius 3 is 2.40 bits per heavy atom. The topological polar surface area (TPSA) is 55.8 Å². The normalized spacial score (nSPS) is 17.1. The molecule has 1 aromatic carbocycles. The summed E-state index contributed by atoms with van der Waals surface area (Å²) in [6.45, 7) is 2.19. The first kappa shape index (κ1) is 19.4. The number of esters is 1. The molecular weight excluding hydrogens is 318 g/mol. The van der Waals surface area contributed by atoms with Gasteiger partial charge in [0.2, 0.25) is 5.91 Å². The van der Waals surface area contributed by atoms with Crippen LogP contribution in [-0.4, -0.2) is 31.1 Å². The van der Waals surface area contributed by atoms with Gasteiger partial charge in [0.25, 0.3) is 0 Å². The lowest BCUT2D eigenvalue weighted by molar-refractivity contribution is -0.180. The maximum atomic E-state index is 12.9. The number of hydrogen-bond acceptors (Lipinski definition) is 4. The molecule has 5 nitrogen and oxygen atoms in total. The highest BCUT2D eigenvalue weighted by molar-refractivity contribution is 5.85. The van der Waals surface area contributed by atoms with Gasteiger partial charge in [-0.2, -0.15) is 0 Å². The zero-order valence-electron chi connectivity index (χ0n) is 15.4. The molecule has 5 heteroatoms. The third-order valence-electron chi connectivity index (χ3n) is 5.18. The molecule has 0 saturated heterocycles. The van der Waals surface area contributed by atoms with Crippen molar-refractivity contribution in [3.05, 3.63) is 35.9 Å². The molecule has 0 spiro atoms. The molecule has 0 bridgehead atoms. The summed E-state index contributed by atoms with van der Waals surface area (Å²) in [6.07, 6.45) is 4.76. The molecule has 138 valence electrons. The molecular formula is C20H29NO4. The van der Waals surface area contributed by atoms with Crippen molar-refractivity contribution in [2.24, 2.45) is 17.8 Å². The van der Waals surface area contributed by atoms with E-state index in [1.807, 2.05) is 37.3 Å². The minimum Gasteiger partial charge on any atom is -0.461 e. The summed E-state index contributed by atoms with van der Waals surface area (Å²) in [4.78, 5) is 30.6. The van der Waals surface area contributed by atoms with Crippen molar-refractivity contribution >= 4 is 11.9 Å². The second-order valence-corrected chi connectivity index (χ2v) is 6.70. The average molecular weight is 347 g/mol. The first-order chi connectivity index (χ1) is 12.1. The van der Waals surface area contributed by atoms with Crippen LogP contribution in [0.2, 0.25) is 0 Å². The van der Waals surface area contributed by atoms with Crippen LogP contribution in [-0.2, 0) is 25.8 Å². The van der Waals surface area contributed by atoms with Gasteiger partial charge in [0, 0.05) is 7.05 Å². The van der Waals surface area contributed by atoms with Gasteiger partial charge in [-0.1, -0.05) is 50.1 Å². The number of amides is 1. The predicted octanol–water partition coefficient (Wildman–Crippen LogP) is 3.58. The number of nitrogens with zero attached hydrogens (tertiary/aromatic N) is 1. The molecule has 1 amide bonds. The van der Waals surface area contributed by atoms with Crippen LogP contribution in [0.15, 0.2) is 30.3 Å². The van der Waals surface area contributed by atoms with Crippen LogP contribution in [0.3, 0.4) is 0 Å². The van der Waals surface area contributed by atoms with E-state index in [9.17, 15) is 9.59 Å². The Labute approximate surface area is 150 Å². The van der Waals surface area contributed by atoms with Gasteiger partial charge in [-0.05, 0) is 30.7 Å². The first-order valence-electron chi connectivity index (χ1n) is 9.10. The van der Waals surface area contributed by atoms with E-state index in [2.05, 4.69) is 0 Å². The Kier molecular flexibility index (Phi) is 7.44. The highest BCUT2D eigenvalue weighted by Crippen LogP contribution is 2.38. The van der Waals surface area contributed by atoms with E-state index < -0.39 is 11.8 Å². The number of ether oxygens (including phenoxy) is 1. The van der Waals surface area contributed by atoms with E-state index in [0.717, 1.165) is 31.2 Å². The minimum atomic E-state index is -0.406. The van der Waals surface area contributed by atoms with Gasteiger partial charge in [0.1, 0.15) is 6.61 Å². The summed E-state index contributed by atoms with van der Waals surface area (Å²) in [7, 11) is 3.05. The molecule has 25 heavy (non-hydrogen) atoms. The summed E-state index contributed by atoms with van der Waals surface area (Å²) in [5, 5.41) is 1.22. The summed E-state index contributed by atoms with van der Waals surface area (Å²) in [5.74, 6) is -1.01. The van der Waals surface area contributed by atoms with E-state index in [0.29, 0.717) is 6.42 Å². The summed E-state index contributed by atoms with van der Waals surface area (Å²) < 4.78 is 5.60. The molecule has 0 N–H and O–H groups in total. The third-order valence-corrected chi connectivity index (χ3v) is 5.18. The monoisotopic (exact) mass is 347 g/mol. The van der Waals surface area contributed by atoms with Crippen LogP contribution < -0.4 is 0 Å². The Bertz CT molecular complexity index is 554. The van der Waals surface area contributed by atoms with Crippen LogP contribution in [0.25, 0.3) is 0 Å². The second kappa shape index (κ2) is 9.56. The summed E-state index contributed by atoms with van der Waals surface area (Å²) in [5.41, 5.74) is 0.953. The van der Waals surface area contributed by atoms with Gasteiger partial charge in [-0.15, -0.1) is 0 Å². The quantitative estimate of drug-likeness (QED) is 0.533. The molecule has 1 aliphatic carbocycles. The van der Waals surface area contributed by atoms with Crippen LogP contribution in [0, 0.1) is 17.8 Å². The van der Waals surface area contributed by atoms with Crippen LogP contribution in [0.5, 0.6) is 0 Å². The van der Waals surface area contributed by atoms with E-state index in [4.69, 9.17) is 9.57 Å². The van der Waals surface area contributed by atoms with Crippen LogP contribution >= 0.6 is 0 Å². The molecule has 1 aliphatic rings. The van der Waals surface area contributed by atoms with E-state index in [1.165, 1.54) is 12.2 Å². The summed E-state index contributed by atoms with van der Waals surface area (Å²) >= 11 is 0. The average Bonchev–Trinajstić information content (AvgIpc) is 3.17. The van der Waals surface area contributed by atoms with Crippen molar-refractivity contribution in [1.29, 1.82) is 0 Å². The van der Waals surface area contributed by atoms with Crippen LogP contribution in [0.4, 0.5) is 0 Å². The number of benzene rings is 1. The van der Waals surface area contributed by atoms with Gasteiger partial charge in [0.05, 0.1) is 18.9 Å². The van der Waals surface area contributed by atoms with Gasteiger partial charge >= 0.3 is 5.97 Å². The number of carbonyl (C=O) groups is 2. The zero-order valence-corrected chi connectivity index (χ0v) is 15.4. The fraction of sp³-hybridized carbons (Fsp3) is 0.600. The number of hydrogen-bond donors (Lipinski definition) is 0. The molecule has 2 atom stereocenters. The minimum absolute atomic E-state index is 0.154. The van der Waals surface area contributed by atoms with E-state index in [1.54, 1.807) is 7.05 Å². The molecule has 1 aromatic rings. The fourth-order valence-corrected chi connectivity index (χ4v) is 3.73. The Morgan fingerprint density at radius 1 is 1.20 bits per heavy atom. The van der Waals surface area contributed by atoms with Crippen molar-refractivity contribution in [2.45, 2.75) is 45.6 Å². The van der Waals surface area contributed by atoms with Gasteiger partial charge in [-0.3, -0.25) is 14.4 Å². The molecule has 0 radical (unpaired) electrons. The van der Waals surface area contributed by atoms with E-state index >= 15 is 0 Å². The maximum absolute atomic E-state index is 12.9. The smallest absolute Gasteiger partial charge is 0.310 e. The third kappa shape index (κ3) is 5.05. The summed E-state index contributed by atoms with van der Waals surface area (Å²) in [6, 6.07) is 9.63. The molecule has 1 saturated carbocycles. The predicted molar refractivity (Wildman–Crippen MR) is 95.2 cm³/mol. The standard InChI is InChI=1S/C20H29NO4/c1-4-17(19(22)21(2)24-3)18(16-12-8-9-13-16)20(23)25-14-15-10-6-5-7-11-15/h5-7,10-11,16-18H,4,8-9,12-14H2,1-3H3/t17-,18?/m1/s1. The zero-order chi connectivity index (χ0) is 18.2. The Morgan fingerprint density at radius 2 is 1.84 bits per heavy atom. The highest BCUT2D eigenvalue weighted by Gasteiger charge is 2.41. The SMILES string of the molecule is CC[C@@H](C(=O)N(C)OC)C(C(=O)OCc1ccccc1)C1CCCC1. The second-order valence-electron chi connectivity index (χ2n) is 6.70. The fourth-order valence-electron chi connectivity index (χ4n) is 3.73. The van der Waals surface area contributed by atoms with Gasteiger partial charge in [-0.25, -0.2) is 5.06 Å². The van der Waals surface area contributed by atoms with Crippen LogP contribution in [0.1, 0.15) is 44.6 Å². The Balaban J connectivity index is 2.13. The molecule has 1 unspecified atom stereocenters. The molecule has 0 aliphatic heterocycles. The van der Waals surface area contributed by atoms with Gasteiger partial charge in [0.15, 0.2) is 0 Å². The van der Waals surface area contributed by atoms with E-state index in [-0.39, 0.29) is 24.4 Å².